The number of hydrogen-bond acceptors (Lipinski definition) is 6. The third-order valence-electron chi connectivity index (χ3n) is 8.36. The van der Waals surface area contributed by atoms with E-state index in [-0.39, 0.29) is 11.9 Å². The van der Waals surface area contributed by atoms with Crippen LogP contribution < -0.4 is 10.6 Å². The van der Waals surface area contributed by atoms with Crippen LogP contribution in [-0.4, -0.2) is 76.1 Å². The van der Waals surface area contributed by atoms with E-state index < -0.39 is 12.0 Å². The molecule has 2 aliphatic heterocycles. The summed E-state index contributed by atoms with van der Waals surface area (Å²) in [4.78, 5) is 34.6. The van der Waals surface area contributed by atoms with Gasteiger partial charge in [-0.15, -0.1) is 0 Å². The highest BCUT2D eigenvalue weighted by Crippen LogP contribution is 2.28. The number of nitrogens with one attached hydrogen (secondary N) is 2. The van der Waals surface area contributed by atoms with E-state index in [1.54, 1.807) is 0 Å². The molecule has 1 saturated heterocycles. The number of carbonyl (C=O) groups excluding carboxylic acids is 1. The number of unbranched alkanes of at least 4 members (excludes halogenated alkanes) is 1. The number of anilines is 1. The molecule has 8 nitrogen and oxygen atoms in total. The normalized spacial score (nSPS) is 19.9. The van der Waals surface area contributed by atoms with Crippen molar-refractivity contribution < 1.29 is 14.7 Å². The van der Waals surface area contributed by atoms with Crippen molar-refractivity contribution in [3.63, 3.8) is 0 Å². The van der Waals surface area contributed by atoms with Gasteiger partial charge in [-0.1, -0.05) is 36.4 Å². The Balaban J connectivity index is 1.07. The zero-order valence-corrected chi connectivity index (χ0v) is 23.0. The molecule has 3 aliphatic rings. The molecular weight excluding hydrogens is 490 g/mol. The molecular formula is C31H43N5O3. The molecule has 2 aromatic rings. The molecule has 2 unspecified atom stereocenters. The first-order chi connectivity index (χ1) is 19.1. The Morgan fingerprint density at radius 3 is 2.72 bits per heavy atom. The van der Waals surface area contributed by atoms with E-state index in [2.05, 4.69) is 44.7 Å². The summed E-state index contributed by atoms with van der Waals surface area (Å²) in [6.45, 7) is 4.23. The second-order valence-electron chi connectivity index (χ2n) is 11.4. The van der Waals surface area contributed by atoms with Crippen molar-refractivity contribution in [2.24, 2.45) is 0 Å². The fourth-order valence-corrected chi connectivity index (χ4v) is 6.00. The molecule has 5 rings (SSSR count). The number of pyridine rings is 1. The van der Waals surface area contributed by atoms with Gasteiger partial charge < -0.3 is 20.6 Å². The first-order valence-electron chi connectivity index (χ1n) is 14.8. The molecule has 210 valence electrons. The summed E-state index contributed by atoms with van der Waals surface area (Å²) in [5, 5.41) is 16.2. The molecule has 2 fully saturated rings. The molecule has 39 heavy (non-hydrogen) atoms. The number of rotatable bonds is 14. The highest BCUT2D eigenvalue weighted by molar-refractivity contribution is 5.87. The molecule has 0 bridgehead atoms. The highest BCUT2D eigenvalue weighted by atomic mass is 16.4. The predicted octanol–water partition coefficient (Wildman–Crippen LogP) is 3.85. The Kier molecular flexibility index (Phi) is 9.48. The number of aryl methyl sites for hydroxylation is 2. The number of aromatic nitrogens is 1. The van der Waals surface area contributed by atoms with Gasteiger partial charge >= 0.3 is 5.97 Å². The van der Waals surface area contributed by atoms with Crippen molar-refractivity contribution in [3.05, 3.63) is 59.3 Å². The van der Waals surface area contributed by atoms with E-state index in [1.165, 1.54) is 30.4 Å². The van der Waals surface area contributed by atoms with Crippen molar-refractivity contribution in [2.75, 3.05) is 31.5 Å². The molecule has 8 heteroatoms. The largest absolute Gasteiger partial charge is 0.480 e. The Hall–Kier alpha value is -2.97. The van der Waals surface area contributed by atoms with Gasteiger partial charge in [0.1, 0.15) is 11.9 Å². The minimum absolute atomic E-state index is 0.152. The Morgan fingerprint density at radius 1 is 1.08 bits per heavy atom. The van der Waals surface area contributed by atoms with Crippen LogP contribution in [-0.2, 0) is 29.0 Å². The van der Waals surface area contributed by atoms with Crippen molar-refractivity contribution >= 4 is 17.7 Å². The van der Waals surface area contributed by atoms with E-state index in [0.717, 1.165) is 69.7 Å². The van der Waals surface area contributed by atoms with Crippen molar-refractivity contribution in [1.82, 2.24) is 20.1 Å². The number of fused-ring (bicyclic) bond motifs is 1. The molecule has 1 aromatic carbocycles. The third kappa shape index (κ3) is 7.79. The summed E-state index contributed by atoms with van der Waals surface area (Å²) in [5.41, 5.74) is 3.64. The third-order valence-corrected chi connectivity index (χ3v) is 8.36. The molecule has 1 saturated carbocycles. The Morgan fingerprint density at radius 2 is 1.92 bits per heavy atom. The Bertz CT molecular complexity index is 1110. The first kappa shape index (κ1) is 27.6. The van der Waals surface area contributed by atoms with Crippen LogP contribution in [0.2, 0.25) is 0 Å². The van der Waals surface area contributed by atoms with E-state index >= 15 is 0 Å². The maximum atomic E-state index is 13.1. The summed E-state index contributed by atoms with van der Waals surface area (Å²) in [6, 6.07) is 14.0. The zero-order chi connectivity index (χ0) is 27.0. The number of likely N-dealkylation sites (tertiary alicyclic amines) is 1. The summed E-state index contributed by atoms with van der Waals surface area (Å²) < 4.78 is 0. The number of benzene rings is 1. The van der Waals surface area contributed by atoms with E-state index in [1.807, 2.05) is 18.2 Å². The second kappa shape index (κ2) is 13.4. The van der Waals surface area contributed by atoms with Crippen molar-refractivity contribution in [1.29, 1.82) is 0 Å². The molecule has 2 atom stereocenters. The zero-order valence-electron chi connectivity index (χ0n) is 23.0. The van der Waals surface area contributed by atoms with Gasteiger partial charge in [-0.05, 0) is 94.5 Å². The Labute approximate surface area is 232 Å². The highest BCUT2D eigenvalue weighted by Gasteiger charge is 2.34. The molecule has 1 aromatic heterocycles. The summed E-state index contributed by atoms with van der Waals surface area (Å²) in [5.74, 6) is -0.0412. The van der Waals surface area contributed by atoms with Gasteiger partial charge in [0.25, 0.3) is 0 Å². The van der Waals surface area contributed by atoms with Crippen LogP contribution in [0.25, 0.3) is 0 Å². The van der Waals surface area contributed by atoms with Gasteiger partial charge in [-0.2, -0.15) is 0 Å². The van der Waals surface area contributed by atoms with Crippen LogP contribution in [0, 0.1) is 0 Å². The molecule has 0 spiro atoms. The number of carboxylic acid groups (broad SMARTS) is 1. The van der Waals surface area contributed by atoms with Gasteiger partial charge in [-0.3, -0.25) is 9.69 Å². The van der Waals surface area contributed by atoms with E-state index in [0.29, 0.717) is 25.6 Å². The average Bonchev–Trinajstić information content (AvgIpc) is 3.70. The van der Waals surface area contributed by atoms with Crippen LogP contribution in [0.5, 0.6) is 0 Å². The summed E-state index contributed by atoms with van der Waals surface area (Å²) in [6.07, 6.45) is 9.88. The number of carbonyl (C=O) groups is 2. The van der Waals surface area contributed by atoms with Crippen molar-refractivity contribution in [2.45, 2.75) is 88.9 Å². The van der Waals surface area contributed by atoms with Crippen LogP contribution in [0.3, 0.4) is 0 Å². The lowest BCUT2D eigenvalue weighted by atomic mass is 10.1. The molecule has 1 aliphatic carbocycles. The van der Waals surface area contributed by atoms with Crippen LogP contribution in [0.15, 0.2) is 42.5 Å². The van der Waals surface area contributed by atoms with Gasteiger partial charge in [-0.25, -0.2) is 9.78 Å². The first-order valence-corrected chi connectivity index (χ1v) is 14.8. The van der Waals surface area contributed by atoms with E-state index in [9.17, 15) is 14.7 Å². The smallest absolute Gasteiger partial charge is 0.326 e. The topological polar surface area (TPSA) is 97.8 Å². The van der Waals surface area contributed by atoms with Crippen LogP contribution in [0.4, 0.5) is 5.82 Å². The quantitative estimate of drug-likeness (QED) is 0.317. The van der Waals surface area contributed by atoms with Crippen LogP contribution >= 0.6 is 0 Å². The average molecular weight is 534 g/mol. The predicted molar refractivity (Wildman–Crippen MR) is 153 cm³/mol. The number of amides is 1. The van der Waals surface area contributed by atoms with Gasteiger partial charge in [0.05, 0.1) is 6.04 Å². The summed E-state index contributed by atoms with van der Waals surface area (Å²) >= 11 is 0. The minimum Gasteiger partial charge on any atom is -0.480 e. The molecule has 3 heterocycles. The monoisotopic (exact) mass is 533 g/mol. The molecule has 3 N–H and O–H groups in total. The lowest BCUT2D eigenvalue weighted by molar-refractivity contribution is -0.142. The minimum atomic E-state index is -0.946. The maximum Gasteiger partial charge on any atom is 0.326 e. The van der Waals surface area contributed by atoms with E-state index in [4.69, 9.17) is 4.98 Å². The number of hydrogen-bond donors (Lipinski definition) is 3. The standard InChI is InChI=1S/C31H43N5O3/c37-30(28-12-7-20-36(28)22-23-8-2-1-3-9-23)34-27(31(38)39)17-21-35(26-15-16-26)19-5-4-11-25-14-13-24-10-6-18-32-29(24)33-25/h1-3,8-9,13-14,26-28H,4-7,10-12,15-22H2,(H,32,33)(H,34,37)(H,38,39). The maximum absolute atomic E-state index is 13.1. The summed E-state index contributed by atoms with van der Waals surface area (Å²) in [7, 11) is 0. The van der Waals surface area contributed by atoms with Gasteiger partial charge in [0, 0.05) is 31.4 Å². The lowest BCUT2D eigenvalue weighted by Crippen LogP contribution is -2.50. The molecule has 1 amide bonds. The number of carboxylic acids is 1. The lowest BCUT2D eigenvalue weighted by Gasteiger charge is -2.27. The van der Waals surface area contributed by atoms with Crippen molar-refractivity contribution in [3.8, 4) is 0 Å². The van der Waals surface area contributed by atoms with Gasteiger partial charge in [0.2, 0.25) is 5.91 Å². The van der Waals surface area contributed by atoms with Crippen LogP contribution in [0.1, 0.15) is 68.2 Å². The van der Waals surface area contributed by atoms with Gasteiger partial charge in [0.15, 0.2) is 0 Å². The fraction of sp³-hybridized carbons (Fsp3) is 0.581. The molecule has 0 radical (unpaired) electrons. The number of aliphatic carboxylic acids is 1. The number of nitrogens with zero attached hydrogens (tertiary/aromatic N) is 3. The fourth-order valence-electron chi connectivity index (χ4n) is 6.00. The second-order valence-corrected chi connectivity index (χ2v) is 11.4. The SMILES string of the molecule is O=C(O)C(CCN(CCCCc1ccc2c(n1)NCCC2)C1CC1)NC(=O)C1CCCN1Cc1ccccc1.